The van der Waals surface area contributed by atoms with E-state index < -0.39 is 11.7 Å². The second-order valence-electron chi connectivity index (χ2n) is 8.18. The topological polar surface area (TPSA) is 83.8 Å². The quantitative estimate of drug-likeness (QED) is 0.286. The van der Waals surface area contributed by atoms with Crippen molar-refractivity contribution < 1.29 is 24.5 Å². The number of Topliss-reactive ketones (excluding diaryl/α,β-unsaturated/α-hetero) is 1. The molecule has 2 N–H and O–H groups in total. The van der Waals surface area contributed by atoms with Crippen LogP contribution in [-0.4, -0.2) is 40.8 Å². The lowest BCUT2D eigenvalue weighted by Crippen LogP contribution is -2.23. The summed E-state index contributed by atoms with van der Waals surface area (Å²) < 4.78 is 4.62. The van der Waals surface area contributed by atoms with Gasteiger partial charge in [-0.1, -0.05) is 51.2 Å². The lowest BCUT2D eigenvalue weighted by atomic mass is 9.87. The molecule has 4 atom stereocenters. The fourth-order valence-corrected chi connectivity index (χ4v) is 3.82. The molecular weight excluding hydrogens is 344 g/mol. The molecule has 0 unspecified atom stereocenters. The maximum Gasteiger partial charge on any atom is 0.305 e. The van der Waals surface area contributed by atoms with Crippen LogP contribution in [0.2, 0.25) is 0 Å². The molecule has 156 valence electrons. The van der Waals surface area contributed by atoms with Gasteiger partial charge in [-0.2, -0.15) is 0 Å². The van der Waals surface area contributed by atoms with Crippen LogP contribution >= 0.6 is 0 Å². The minimum atomic E-state index is -0.727. The monoisotopic (exact) mass is 382 g/mol. The number of methoxy groups -OCH3 is 1. The fourth-order valence-electron chi connectivity index (χ4n) is 3.82. The normalized spacial score (nSPS) is 25.1. The Balaban J connectivity index is 2.42. The highest BCUT2D eigenvalue weighted by molar-refractivity contribution is 5.84. The number of hydrogen-bond acceptors (Lipinski definition) is 5. The molecule has 0 heterocycles. The third kappa shape index (κ3) is 9.02. The maximum absolute atomic E-state index is 12.2. The molecule has 5 heteroatoms. The van der Waals surface area contributed by atoms with Crippen molar-refractivity contribution in [3.05, 3.63) is 12.2 Å². The first kappa shape index (κ1) is 23.8. The number of rotatable bonds is 13. The second-order valence-corrected chi connectivity index (χ2v) is 8.18. The van der Waals surface area contributed by atoms with Crippen molar-refractivity contribution in [1.82, 2.24) is 0 Å². The SMILES string of the molecule is CCCC[C@](C)(O)C/C=C/[C@@H]1[C@H](O)CC(=O)[C@@H]1CCCCCCC(=O)OC. The summed E-state index contributed by atoms with van der Waals surface area (Å²) in [6, 6.07) is 0. The van der Waals surface area contributed by atoms with Crippen LogP contribution in [0.25, 0.3) is 0 Å². The summed E-state index contributed by atoms with van der Waals surface area (Å²) in [5.41, 5.74) is -0.727. The van der Waals surface area contributed by atoms with Gasteiger partial charge in [-0.25, -0.2) is 0 Å². The molecule has 1 fully saturated rings. The predicted molar refractivity (Wildman–Crippen MR) is 106 cm³/mol. The minimum Gasteiger partial charge on any atom is -0.469 e. The number of ketones is 1. The van der Waals surface area contributed by atoms with Crippen molar-refractivity contribution in [3.63, 3.8) is 0 Å². The minimum absolute atomic E-state index is 0.127. The summed E-state index contributed by atoms with van der Waals surface area (Å²) in [6.45, 7) is 3.95. The van der Waals surface area contributed by atoms with Gasteiger partial charge >= 0.3 is 5.97 Å². The average molecular weight is 383 g/mol. The summed E-state index contributed by atoms with van der Waals surface area (Å²) in [6.07, 6.45) is 11.7. The number of carbonyl (C=O) groups excluding carboxylic acids is 2. The molecule has 5 nitrogen and oxygen atoms in total. The van der Waals surface area contributed by atoms with Gasteiger partial charge in [0.25, 0.3) is 0 Å². The second kappa shape index (κ2) is 12.3. The van der Waals surface area contributed by atoms with E-state index in [9.17, 15) is 19.8 Å². The van der Waals surface area contributed by atoms with Crippen molar-refractivity contribution in [3.8, 4) is 0 Å². The van der Waals surface area contributed by atoms with Crippen LogP contribution in [-0.2, 0) is 14.3 Å². The van der Waals surface area contributed by atoms with E-state index in [1.807, 2.05) is 19.1 Å². The molecule has 0 spiro atoms. The maximum atomic E-state index is 12.2. The zero-order valence-corrected chi connectivity index (χ0v) is 17.3. The zero-order valence-electron chi connectivity index (χ0n) is 17.3. The van der Waals surface area contributed by atoms with Crippen molar-refractivity contribution in [2.45, 2.75) is 96.2 Å². The Labute approximate surface area is 164 Å². The highest BCUT2D eigenvalue weighted by Gasteiger charge is 2.39. The Morgan fingerprint density at radius 2 is 1.96 bits per heavy atom. The molecule has 0 aromatic heterocycles. The van der Waals surface area contributed by atoms with Crippen LogP contribution in [0.3, 0.4) is 0 Å². The van der Waals surface area contributed by atoms with Crippen molar-refractivity contribution in [2.24, 2.45) is 11.8 Å². The number of esters is 1. The van der Waals surface area contributed by atoms with Gasteiger partial charge in [0.05, 0.1) is 18.8 Å². The molecule has 1 rings (SSSR count). The average Bonchev–Trinajstić information content (AvgIpc) is 2.89. The molecule has 0 radical (unpaired) electrons. The molecule has 1 aliphatic rings. The highest BCUT2D eigenvalue weighted by atomic mass is 16.5. The summed E-state index contributed by atoms with van der Waals surface area (Å²) in [7, 11) is 1.40. The lowest BCUT2D eigenvalue weighted by Gasteiger charge is -2.22. The number of aliphatic hydroxyl groups is 2. The van der Waals surface area contributed by atoms with E-state index in [-0.39, 0.29) is 30.0 Å². The molecule has 0 saturated heterocycles. The van der Waals surface area contributed by atoms with Gasteiger partial charge in [0, 0.05) is 24.7 Å². The van der Waals surface area contributed by atoms with Crippen LogP contribution in [0, 0.1) is 11.8 Å². The van der Waals surface area contributed by atoms with Crippen molar-refractivity contribution >= 4 is 11.8 Å². The molecule has 1 aliphatic carbocycles. The third-order valence-corrected chi connectivity index (χ3v) is 5.59. The Morgan fingerprint density at radius 3 is 2.63 bits per heavy atom. The molecule has 0 aromatic carbocycles. The fraction of sp³-hybridized carbons (Fsp3) is 0.818. The Kier molecular flexibility index (Phi) is 10.9. The molecule has 0 aromatic rings. The number of ether oxygens (including phenoxy) is 1. The molecule has 0 aliphatic heterocycles. The van der Waals surface area contributed by atoms with E-state index in [1.54, 1.807) is 0 Å². The Bertz CT molecular complexity index is 483. The van der Waals surface area contributed by atoms with E-state index in [0.717, 1.165) is 51.4 Å². The van der Waals surface area contributed by atoms with Gasteiger partial charge in [0.2, 0.25) is 0 Å². The first-order valence-corrected chi connectivity index (χ1v) is 10.5. The van der Waals surface area contributed by atoms with Crippen LogP contribution in [0.5, 0.6) is 0 Å². The number of unbranched alkanes of at least 4 members (excludes halogenated alkanes) is 4. The molecule has 27 heavy (non-hydrogen) atoms. The van der Waals surface area contributed by atoms with Gasteiger partial charge < -0.3 is 14.9 Å². The zero-order chi connectivity index (χ0) is 20.3. The van der Waals surface area contributed by atoms with Gasteiger partial charge in [-0.15, -0.1) is 0 Å². The van der Waals surface area contributed by atoms with Crippen molar-refractivity contribution in [2.75, 3.05) is 7.11 Å². The smallest absolute Gasteiger partial charge is 0.305 e. The number of hydrogen-bond donors (Lipinski definition) is 2. The predicted octanol–water partition coefficient (Wildman–Crippen LogP) is 3.95. The van der Waals surface area contributed by atoms with Crippen LogP contribution in [0.4, 0.5) is 0 Å². The van der Waals surface area contributed by atoms with E-state index >= 15 is 0 Å². The summed E-state index contributed by atoms with van der Waals surface area (Å²) in [5, 5.41) is 20.6. The van der Waals surface area contributed by atoms with Gasteiger partial charge in [0.15, 0.2) is 0 Å². The Hall–Kier alpha value is -1.20. The molecule has 0 amide bonds. The number of aliphatic hydroxyl groups excluding tert-OH is 1. The van der Waals surface area contributed by atoms with Gasteiger partial charge in [0.1, 0.15) is 5.78 Å². The molecule has 0 bridgehead atoms. The third-order valence-electron chi connectivity index (χ3n) is 5.59. The van der Waals surface area contributed by atoms with Crippen LogP contribution < -0.4 is 0 Å². The van der Waals surface area contributed by atoms with E-state index in [1.165, 1.54) is 7.11 Å². The highest BCUT2D eigenvalue weighted by Crippen LogP contribution is 2.34. The van der Waals surface area contributed by atoms with E-state index in [2.05, 4.69) is 11.7 Å². The van der Waals surface area contributed by atoms with Gasteiger partial charge in [-0.05, 0) is 32.6 Å². The standard InChI is InChI=1S/C22H38O5/c1-4-5-14-22(2,26)15-10-12-18-17(19(23)16-20(18)24)11-8-6-7-9-13-21(25)27-3/h10,12,17-18,20,24,26H,4-9,11,13-16H2,1-3H3/b12-10+/t17-,18+,20-,22+/m1/s1. The Morgan fingerprint density at radius 1 is 1.26 bits per heavy atom. The lowest BCUT2D eigenvalue weighted by molar-refractivity contribution is -0.140. The van der Waals surface area contributed by atoms with Crippen molar-refractivity contribution in [1.29, 1.82) is 0 Å². The van der Waals surface area contributed by atoms with E-state index in [0.29, 0.717) is 12.8 Å². The first-order valence-electron chi connectivity index (χ1n) is 10.5. The molecule has 1 saturated carbocycles. The van der Waals surface area contributed by atoms with Crippen LogP contribution in [0.15, 0.2) is 12.2 Å². The van der Waals surface area contributed by atoms with E-state index in [4.69, 9.17) is 0 Å². The first-order chi connectivity index (χ1) is 12.8. The van der Waals surface area contributed by atoms with Crippen LogP contribution in [0.1, 0.15) is 84.5 Å². The summed E-state index contributed by atoms with van der Waals surface area (Å²) in [5.74, 6) is -0.305. The summed E-state index contributed by atoms with van der Waals surface area (Å²) >= 11 is 0. The summed E-state index contributed by atoms with van der Waals surface area (Å²) in [4.78, 5) is 23.3. The molecular formula is C22H38O5. The number of carbonyl (C=O) groups is 2. The van der Waals surface area contributed by atoms with Gasteiger partial charge in [-0.3, -0.25) is 9.59 Å². The largest absolute Gasteiger partial charge is 0.469 e.